The van der Waals surface area contributed by atoms with E-state index in [1.165, 1.54) is 6.92 Å². The van der Waals surface area contributed by atoms with E-state index in [0.29, 0.717) is 17.8 Å². The van der Waals surface area contributed by atoms with Crippen LogP contribution in [0.5, 0.6) is 11.5 Å². The smallest absolute Gasteiger partial charge is 0.416 e. The van der Waals surface area contributed by atoms with Gasteiger partial charge in [0.05, 0.1) is 29.3 Å². The maximum Gasteiger partial charge on any atom is 0.416 e. The summed E-state index contributed by atoms with van der Waals surface area (Å²) >= 11 is 0.414. The lowest BCUT2D eigenvalue weighted by atomic mass is 10.1. The fraction of sp³-hybridized carbons (Fsp3) is 0.350. The van der Waals surface area contributed by atoms with Gasteiger partial charge in [-0.1, -0.05) is 0 Å². The van der Waals surface area contributed by atoms with Crippen LogP contribution in [0.2, 0.25) is 0 Å². The summed E-state index contributed by atoms with van der Waals surface area (Å²) in [4.78, 5) is 22.0. The third-order valence-corrected chi connectivity index (χ3v) is 5.00. The number of halogens is 6. The van der Waals surface area contributed by atoms with Gasteiger partial charge in [0.1, 0.15) is 11.5 Å². The van der Waals surface area contributed by atoms with Gasteiger partial charge in [-0.2, -0.15) is 26.3 Å². The molecule has 0 atom stereocenters. The number of ether oxygens (including phenoxy) is 2. The van der Waals surface area contributed by atoms with Crippen LogP contribution in [0.4, 0.5) is 32.0 Å². The summed E-state index contributed by atoms with van der Waals surface area (Å²) in [5.74, 6) is -2.84. The van der Waals surface area contributed by atoms with Gasteiger partial charge in [0.15, 0.2) is 0 Å². The number of hydrogen-bond acceptors (Lipinski definition) is 6. The van der Waals surface area contributed by atoms with Gasteiger partial charge in [-0.05, 0) is 36.8 Å². The largest absolute Gasteiger partial charge is 0.466 e. The summed E-state index contributed by atoms with van der Waals surface area (Å²) in [5.41, 5.74) is -1.61. The van der Waals surface area contributed by atoms with Gasteiger partial charge >= 0.3 is 18.3 Å². The fourth-order valence-electron chi connectivity index (χ4n) is 2.66. The van der Waals surface area contributed by atoms with Crippen molar-refractivity contribution in [1.82, 2.24) is 0 Å². The highest BCUT2D eigenvalue weighted by molar-refractivity contribution is 7.98. The van der Waals surface area contributed by atoms with E-state index in [-0.39, 0.29) is 35.0 Å². The Morgan fingerprint density at radius 2 is 1.79 bits per heavy atom. The highest BCUT2D eigenvalue weighted by atomic mass is 32.2. The van der Waals surface area contributed by atoms with Crippen molar-refractivity contribution in [2.75, 3.05) is 12.4 Å². The molecule has 2 rings (SSSR count). The lowest BCUT2D eigenvalue weighted by Gasteiger charge is -2.15. The van der Waals surface area contributed by atoms with E-state index >= 15 is 0 Å². The zero-order valence-electron chi connectivity index (χ0n) is 17.0. The molecule has 33 heavy (non-hydrogen) atoms. The van der Waals surface area contributed by atoms with Crippen molar-refractivity contribution in [3.63, 3.8) is 0 Å². The van der Waals surface area contributed by atoms with Crippen LogP contribution in [0.1, 0.15) is 23.6 Å². The van der Waals surface area contributed by atoms with Gasteiger partial charge in [0.2, 0.25) is 0 Å². The molecule has 2 aromatic rings. The van der Waals surface area contributed by atoms with Crippen LogP contribution in [0.25, 0.3) is 0 Å². The average molecular weight is 497 g/mol. The van der Waals surface area contributed by atoms with E-state index in [1.54, 1.807) is 0 Å². The quantitative estimate of drug-likeness (QED) is 0.175. The molecule has 180 valence electrons. The number of nitro benzene ring substituents is 1. The highest BCUT2D eigenvalue weighted by Gasteiger charge is 2.32. The molecular formula is C20H17F6NO5S. The lowest BCUT2D eigenvalue weighted by Crippen LogP contribution is -2.11. The number of carbonyl (C=O) groups excluding carboxylic acids is 1. The third-order valence-electron chi connectivity index (χ3n) is 3.95. The Morgan fingerprint density at radius 1 is 1.09 bits per heavy atom. The van der Waals surface area contributed by atoms with E-state index in [0.717, 1.165) is 30.3 Å². The maximum atomic E-state index is 13.3. The number of carbonyl (C=O) groups is 1. The van der Waals surface area contributed by atoms with Crippen molar-refractivity contribution in [2.45, 2.75) is 31.5 Å². The Bertz CT molecular complexity index is 1010. The summed E-state index contributed by atoms with van der Waals surface area (Å²) in [6.07, 6.45) is -9.72. The van der Waals surface area contributed by atoms with E-state index in [9.17, 15) is 41.3 Å². The molecule has 0 radical (unpaired) electrons. The zero-order valence-corrected chi connectivity index (χ0v) is 17.8. The average Bonchev–Trinajstić information content (AvgIpc) is 2.67. The highest BCUT2D eigenvalue weighted by Crippen LogP contribution is 2.37. The van der Waals surface area contributed by atoms with Gasteiger partial charge in [0.25, 0.3) is 5.69 Å². The minimum Gasteiger partial charge on any atom is -0.466 e. The van der Waals surface area contributed by atoms with Crippen LogP contribution in [0.3, 0.4) is 0 Å². The van der Waals surface area contributed by atoms with Crippen molar-refractivity contribution < 1.29 is 45.5 Å². The number of benzene rings is 2. The number of nitro groups is 1. The topological polar surface area (TPSA) is 78.7 Å². The second-order valence-corrected chi connectivity index (χ2v) is 7.59. The molecule has 0 fully saturated rings. The Kier molecular flexibility index (Phi) is 8.58. The second kappa shape index (κ2) is 10.8. The summed E-state index contributed by atoms with van der Waals surface area (Å²) in [6, 6.07) is 5.65. The lowest BCUT2D eigenvalue weighted by molar-refractivity contribution is -0.384. The minimum atomic E-state index is -4.77. The first-order chi connectivity index (χ1) is 15.3. The fourth-order valence-corrected chi connectivity index (χ4v) is 3.44. The number of esters is 1. The maximum absolute atomic E-state index is 13.3. The Balaban J connectivity index is 2.40. The van der Waals surface area contributed by atoms with Crippen LogP contribution in [-0.4, -0.2) is 29.4 Å². The summed E-state index contributed by atoms with van der Waals surface area (Å²) in [5, 5.41) is 11.0. The van der Waals surface area contributed by atoms with Gasteiger partial charge in [-0.15, -0.1) is 11.8 Å². The molecule has 6 nitrogen and oxygen atoms in total. The SMILES string of the molecule is CCOC(=O)Cc1cc(Oc2ccc([N+](=O)[O-])cc2CSCC(F)(F)F)cc(C(F)(F)F)c1. The summed E-state index contributed by atoms with van der Waals surface area (Å²) in [7, 11) is 0. The standard InChI is InChI=1S/C20H17F6NO5S/c1-2-31-18(28)7-12-5-14(20(24,25)26)9-16(6-12)32-17-4-3-15(27(29)30)8-13(17)10-33-11-19(21,22)23/h3-6,8-9H,2,7,10-11H2,1H3. The van der Waals surface area contributed by atoms with Crippen LogP contribution < -0.4 is 4.74 Å². The molecule has 0 saturated heterocycles. The minimum absolute atomic E-state index is 0.0113. The number of thioether (sulfide) groups is 1. The summed E-state index contributed by atoms with van der Waals surface area (Å²) < 4.78 is 87.6. The molecule has 0 unspecified atom stereocenters. The van der Waals surface area contributed by atoms with E-state index in [4.69, 9.17) is 9.47 Å². The molecule has 0 aliphatic rings. The molecule has 0 N–H and O–H groups in total. The van der Waals surface area contributed by atoms with Crippen molar-refractivity contribution in [3.05, 3.63) is 63.2 Å². The van der Waals surface area contributed by atoms with E-state index < -0.39 is 46.7 Å². The first kappa shape index (κ1) is 26.3. The molecule has 2 aromatic carbocycles. The monoisotopic (exact) mass is 497 g/mol. The van der Waals surface area contributed by atoms with Crippen molar-refractivity contribution in [1.29, 1.82) is 0 Å². The number of hydrogen-bond donors (Lipinski definition) is 0. The Morgan fingerprint density at radius 3 is 2.36 bits per heavy atom. The van der Waals surface area contributed by atoms with Crippen LogP contribution in [-0.2, 0) is 27.9 Å². The number of rotatable bonds is 9. The third kappa shape index (κ3) is 8.48. The molecule has 0 amide bonds. The van der Waals surface area contributed by atoms with Crippen LogP contribution >= 0.6 is 11.8 Å². The van der Waals surface area contributed by atoms with Gasteiger partial charge in [-0.3, -0.25) is 14.9 Å². The molecular weight excluding hydrogens is 480 g/mol. The Labute approximate surface area is 188 Å². The van der Waals surface area contributed by atoms with Gasteiger partial charge < -0.3 is 9.47 Å². The van der Waals surface area contributed by atoms with E-state index in [2.05, 4.69) is 0 Å². The predicted octanol–water partition coefficient (Wildman–Crippen LogP) is 6.31. The predicted molar refractivity (Wildman–Crippen MR) is 107 cm³/mol. The van der Waals surface area contributed by atoms with E-state index in [1.807, 2.05) is 0 Å². The van der Waals surface area contributed by atoms with Gasteiger partial charge in [0, 0.05) is 23.4 Å². The van der Waals surface area contributed by atoms with Crippen molar-refractivity contribution >= 4 is 23.4 Å². The number of non-ortho nitro benzene ring substituents is 1. The molecule has 0 spiro atoms. The first-order valence-corrected chi connectivity index (χ1v) is 10.4. The molecule has 0 heterocycles. The normalized spacial score (nSPS) is 11.8. The molecule has 0 aromatic heterocycles. The molecule has 0 aliphatic carbocycles. The summed E-state index contributed by atoms with van der Waals surface area (Å²) in [6.45, 7) is 1.56. The number of nitrogens with zero attached hydrogens (tertiary/aromatic N) is 1. The van der Waals surface area contributed by atoms with Gasteiger partial charge in [-0.25, -0.2) is 0 Å². The van der Waals surface area contributed by atoms with Crippen molar-refractivity contribution in [2.24, 2.45) is 0 Å². The van der Waals surface area contributed by atoms with Crippen LogP contribution in [0.15, 0.2) is 36.4 Å². The van der Waals surface area contributed by atoms with Crippen molar-refractivity contribution in [3.8, 4) is 11.5 Å². The molecule has 13 heteroatoms. The molecule has 0 saturated carbocycles. The molecule has 0 aliphatic heterocycles. The Hall–Kier alpha value is -2.96. The number of alkyl halides is 6. The molecule has 0 bridgehead atoms. The zero-order chi connectivity index (χ0) is 24.8. The van der Waals surface area contributed by atoms with Crippen LogP contribution in [0, 0.1) is 10.1 Å². The second-order valence-electron chi connectivity index (χ2n) is 6.60. The first-order valence-electron chi connectivity index (χ1n) is 9.25.